The topological polar surface area (TPSA) is 32.7 Å². The lowest BCUT2D eigenvalue weighted by Crippen LogP contribution is -2.46. The molecule has 4 heteroatoms. The number of aliphatic hydroxyl groups is 1. The molecule has 0 aliphatic carbocycles. The third-order valence-electron chi connectivity index (χ3n) is 4.28. The van der Waals surface area contributed by atoms with Crippen molar-refractivity contribution in [1.82, 2.24) is 4.90 Å². The molecule has 0 aromatic carbocycles. The van der Waals surface area contributed by atoms with Gasteiger partial charge in [-0.05, 0) is 12.3 Å². The summed E-state index contributed by atoms with van der Waals surface area (Å²) in [6.45, 7) is 8.32. The van der Waals surface area contributed by atoms with Crippen LogP contribution in [0.25, 0.3) is 0 Å². The fourth-order valence-electron chi connectivity index (χ4n) is 3.27. The number of morpholine rings is 1. The van der Waals surface area contributed by atoms with Crippen molar-refractivity contribution in [3.8, 4) is 0 Å². The Labute approximate surface area is 141 Å². The summed E-state index contributed by atoms with van der Waals surface area (Å²) in [6.07, 6.45) is 9.29. The molecule has 0 amide bonds. The molecule has 20 heavy (non-hydrogen) atoms. The Morgan fingerprint density at radius 3 is 2.50 bits per heavy atom. The van der Waals surface area contributed by atoms with Gasteiger partial charge in [-0.15, -0.1) is 0 Å². The lowest BCUT2D eigenvalue weighted by atomic mass is 9.91. The number of aliphatic hydroxyl groups excluding tert-OH is 1. The summed E-state index contributed by atoms with van der Waals surface area (Å²) in [6, 6.07) is 0.532. The van der Waals surface area contributed by atoms with E-state index in [0.717, 1.165) is 32.2 Å². The van der Waals surface area contributed by atoms with E-state index >= 15 is 0 Å². The molecule has 1 saturated heterocycles. The van der Waals surface area contributed by atoms with Gasteiger partial charge in [0.1, 0.15) is 0 Å². The summed E-state index contributed by atoms with van der Waals surface area (Å²) in [5.41, 5.74) is 0. The summed E-state index contributed by atoms with van der Waals surface area (Å²) >= 11 is 0. The van der Waals surface area contributed by atoms with E-state index in [2.05, 4.69) is 18.7 Å². The number of hydrogen-bond donors (Lipinski definition) is 1. The van der Waals surface area contributed by atoms with Crippen LogP contribution in [-0.2, 0) is 4.74 Å². The van der Waals surface area contributed by atoms with Gasteiger partial charge in [0, 0.05) is 19.1 Å². The Morgan fingerprint density at radius 1 is 1.20 bits per heavy atom. The van der Waals surface area contributed by atoms with E-state index in [9.17, 15) is 0 Å². The summed E-state index contributed by atoms with van der Waals surface area (Å²) in [4.78, 5) is 2.40. The highest BCUT2D eigenvalue weighted by Crippen LogP contribution is 2.22. The molecule has 0 radical (unpaired) electrons. The van der Waals surface area contributed by atoms with Gasteiger partial charge >= 0.3 is 23.1 Å². The zero-order chi connectivity index (χ0) is 13.9. The highest BCUT2D eigenvalue weighted by molar-refractivity contribution is 5.75. The van der Waals surface area contributed by atoms with Gasteiger partial charge in [0.25, 0.3) is 0 Å². The summed E-state index contributed by atoms with van der Waals surface area (Å²) in [7, 11) is 0. The van der Waals surface area contributed by atoms with Crippen LogP contribution in [0.4, 0.5) is 0 Å². The second kappa shape index (κ2) is 13.3. The zero-order valence-corrected chi connectivity index (χ0v) is 12.9. The van der Waals surface area contributed by atoms with Crippen molar-refractivity contribution in [2.75, 3.05) is 32.9 Å². The van der Waals surface area contributed by atoms with Crippen molar-refractivity contribution >= 4 is 23.1 Å². The molecule has 0 aromatic heterocycles. The number of ether oxygens (including phenoxy) is 1. The quantitative estimate of drug-likeness (QED) is 0.627. The number of rotatable bonds is 10. The third-order valence-corrected chi connectivity index (χ3v) is 4.28. The van der Waals surface area contributed by atoms with E-state index < -0.39 is 0 Å². The molecule has 1 unspecified atom stereocenters. The predicted molar refractivity (Wildman–Crippen MR) is 89.0 cm³/mol. The van der Waals surface area contributed by atoms with E-state index in [1.807, 2.05) is 0 Å². The fourth-order valence-corrected chi connectivity index (χ4v) is 3.27. The Kier molecular flexibility index (Phi) is 13.7. The van der Waals surface area contributed by atoms with Crippen molar-refractivity contribution in [3.05, 3.63) is 0 Å². The van der Waals surface area contributed by atoms with Gasteiger partial charge in [-0.3, -0.25) is 4.90 Å². The van der Waals surface area contributed by atoms with Crippen LogP contribution in [0.5, 0.6) is 0 Å². The molecule has 0 bridgehead atoms. The predicted octanol–water partition coefficient (Wildman–Crippen LogP) is 2.15. The average molecular weight is 298 g/mol. The van der Waals surface area contributed by atoms with Gasteiger partial charge in [0.05, 0.1) is 19.8 Å². The van der Waals surface area contributed by atoms with Crippen LogP contribution in [0.2, 0.25) is 0 Å². The molecule has 1 heterocycles. The van der Waals surface area contributed by atoms with E-state index in [-0.39, 0.29) is 29.7 Å². The molecule has 1 aliphatic heterocycles. The lowest BCUT2D eigenvalue weighted by molar-refractivity contribution is -0.0174. The maximum atomic E-state index is 9.11. The highest BCUT2D eigenvalue weighted by Gasteiger charge is 2.22. The van der Waals surface area contributed by atoms with Gasteiger partial charge < -0.3 is 9.84 Å². The lowest BCUT2D eigenvalue weighted by Gasteiger charge is -2.35. The zero-order valence-electron chi connectivity index (χ0n) is 12.9. The molecule has 0 saturated carbocycles. The van der Waals surface area contributed by atoms with Crippen LogP contribution in [0, 0.1) is 5.92 Å². The summed E-state index contributed by atoms with van der Waals surface area (Å²) in [5.74, 6) is 0.922. The van der Waals surface area contributed by atoms with Gasteiger partial charge in [-0.25, -0.2) is 0 Å². The number of hydrogen-bond acceptors (Lipinski definition) is 3. The van der Waals surface area contributed by atoms with Crippen LogP contribution in [-0.4, -0.2) is 72.0 Å². The first kappa shape index (κ1) is 20.6. The van der Waals surface area contributed by atoms with Crippen molar-refractivity contribution in [1.29, 1.82) is 0 Å². The van der Waals surface area contributed by atoms with E-state index in [4.69, 9.17) is 9.84 Å². The monoisotopic (exact) mass is 297 g/mol. The molecule has 1 atom stereocenters. The van der Waals surface area contributed by atoms with Crippen LogP contribution in [0.15, 0.2) is 0 Å². The van der Waals surface area contributed by atoms with Crippen molar-refractivity contribution in [3.63, 3.8) is 0 Å². The molecule has 0 aromatic rings. The van der Waals surface area contributed by atoms with Crippen LogP contribution in [0.1, 0.15) is 58.8 Å². The number of β-amino-alcohol motifs (C(OH)–C–C–N with tert-alkyl or cyclic N) is 1. The van der Waals surface area contributed by atoms with E-state index in [0.29, 0.717) is 6.04 Å². The van der Waals surface area contributed by atoms with Gasteiger partial charge in [-0.1, -0.05) is 52.4 Å². The second-order valence-corrected chi connectivity index (χ2v) is 5.86. The largest absolute Gasteiger partial charge is 0.395 e. The molecular formula is C16H35MgNO2. The van der Waals surface area contributed by atoms with Gasteiger partial charge in [-0.2, -0.15) is 0 Å². The Bertz CT molecular complexity index is 209. The smallest absolute Gasteiger partial charge is 0.316 e. The maximum Gasteiger partial charge on any atom is 0.316 e. The minimum atomic E-state index is 0. The first-order valence-corrected chi connectivity index (χ1v) is 8.24. The van der Waals surface area contributed by atoms with Crippen LogP contribution >= 0.6 is 0 Å². The van der Waals surface area contributed by atoms with Gasteiger partial charge in [0.2, 0.25) is 0 Å². The minimum Gasteiger partial charge on any atom is -0.395 e. The number of nitrogens with zero attached hydrogens (tertiary/aromatic N) is 1. The van der Waals surface area contributed by atoms with Crippen molar-refractivity contribution < 1.29 is 9.84 Å². The van der Waals surface area contributed by atoms with Crippen LogP contribution in [0.3, 0.4) is 0 Å². The van der Waals surface area contributed by atoms with E-state index in [1.165, 1.54) is 44.9 Å². The molecule has 1 N–H and O–H groups in total. The molecule has 1 aliphatic rings. The summed E-state index contributed by atoms with van der Waals surface area (Å²) < 4.78 is 5.59. The molecule has 1 rings (SSSR count). The normalized spacial score (nSPS) is 20.1. The average Bonchev–Trinajstić information content (AvgIpc) is 2.41. The second-order valence-electron chi connectivity index (χ2n) is 5.86. The highest BCUT2D eigenvalue weighted by atomic mass is 24.3. The maximum absolute atomic E-state index is 9.11. The summed E-state index contributed by atoms with van der Waals surface area (Å²) in [5, 5.41) is 9.11. The Hall–Kier alpha value is 0.646. The van der Waals surface area contributed by atoms with E-state index in [1.54, 1.807) is 0 Å². The fraction of sp³-hybridized carbons (Fsp3) is 1.00. The molecule has 0 spiro atoms. The van der Waals surface area contributed by atoms with Crippen molar-refractivity contribution in [2.24, 2.45) is 5.92 Å². The molecular weight excluding hydrogens is 262 g/mol. The van der Waals surface area contributed by atoms with Crippen LogP contribution < -0.4 is 0 Å². The Morgan fingerprint density at radius 2 is 1.90 bits per heavy atom. The SMILES string of the molecule is CCCC(CCC)CCCC1COCCN1CCO.[MgH2]. The van der Waals surface area contributed by atoms with Gasteiger partial charge in [0.15, 0.2) is 0 Å². The molecule has 118 valence electrons. The molecule has 3 nitrogen and oxygen atoms in total. The standard InChI is InChI=1S/C16H33NO2.Mg.2H/c1-3-6-15(7-4-2)8-5-9-16-14-19-13-11-17(16)10-12-18;;;/h15-16,18H,3-14H2,1-2H3;;;. The minimum absolute atomic E-state index is 0. The Balaban J connectivity index is 0.00000361. The molecule has 1 fully saturated rings. The van der Waals surface area contributed by atoms with Crippen molar-refractivity contribution in [2.45, 2.75) is 64.8 Å². The third kappa shape index (κ3) is 8.18. The first-order valence-electron chi connectivity index (χ1n) is 8.24. The first-order chi connectivity index (χ1) is 9.31.